The van der Waals surface area contributed by atoms with E-state index in [1.54, 1.807) is 0 Å². The van der Waals surface area contributed by atoms with Crippen LogP contribution in [0.5, 0.6) is 0 Å². The van der Waals surface area contributed by atoms with Crippen molar-refractivity contribution in [1.29, 1.82) is 0 Å². The lowest BCUT2D eigenvalue weighted by atomic mass is 10.2. The molecule has 0 aliphatic rings. The van der Waals surface area contributed by atoms with E-state index in [2.05, 4.69) is 10.3 Å². The van der Waals surface area contributed by atoms with Crippen molar-refractivity contribution in [1.82, 2.24) is 15.0 Å². The molecule has 7 heteroatoms. The standard InChI is InChI=1S/C10H8F2N4O/c11-7-2-1-3-8(12)6(7)4-16-5-9(10(13)17)14-15-16/h1-3,5H,4H2,(H2,13,17)/i4D2,13+1. The average Bonchev–Trinajstić information content (AvgIpc) is 2.78. The minimum absolute atomic E-state index is 0.305. The Kier molecular flexibility index (Phi) is 2.22. The molecular formula is C10H8F2N4O. The van der Waals surface area contributed by atoms with Crippen LogP contribution in [0.4, 0.5) is 8.78 Å². The first kappa shape index (κ1) is 8.80. The number of nitrogens with two attached hydrogens (primary N) is 1. The molecule has 0 aliphatic carbocycles. The van der Waals surface area contributed by atoms with E-state index in [0.717, 1.165) is 24.4 Å². The molecule has 1 heterocycles. The Bertz CT molecular complexity index is 624. The van der Waals surface area contributed by atoms with Crippen LogP contribution in [0.2, 0.25) is 0 Å². The van der Waals surface area contributed by atoms with E-state index in [9.17, 15) is 13.6 Å². The Balaban J connectivity index is 2.55. The number of rotatable bonds is 3. The molecule has 1 aromatic carbocycles. The van der Waals surface area contributed by atoms with Gasteiger partial charge >= 0.3 is 0 Å². The summed E-state index contributed by atoms with van der Waals surface area (Å²) in [5.74, 6) is -3.06. The van der Waals surface area contributed by atoms with Gasteiger partial charge in [-0.15, -0.1) is 5.10 Å². The van der Waals surface area contributed by atoms with E-state index in [0.29, 0.717) is 4.68 Å². The van der Waals surface area contributed by atoms with Gasteiger partial charge in [0.2, 0.25) is 0 Å². The summed E-state index contributed by atoms with van der Waals surface area (Å²) in [5, 5.41) is 6.65. The molecule has 0 saturated heterocycles. The van der Waals surface area contributed by atoms with Crippen molar-refractivity contribution in [2.75, 3.05) is 0 Å². The minimum Gasteiger partial charge on any atom is -0.364 e. The minimum atomic E-state index is -2.64. The maximum atomic E-state index is 13.6. The zero-order valence-corrected chi connectivity index (χ0v) is 8.39. The number of carbonyl (C=O) groups excluding carboxylic acids is 1. The fourth-order valence-corrected chi connectivity index (χ4v) is 1.15. The number of primary amides is 1. The summed E-state index contributed by atoms with van der Waals surface area (Å²) in [4.78, 5) is 10.8. The zero-order chi connectivity index (χ0) is 14.2. The van der Waals surface area contributed by atoms with E-state index in [1.165, 1.54) is 0 Å². The summed E-state index contributed by atoms with van der Waals surface area (Å²) in [7, 11) is 0. The second-order valence-corrected chi connectivity index (χ2v) is 3.12. The van der Waals surface area contributed by atoms with E-state index >= 15 is 0 Å². The Morgan fingerprint density at radius 2 is 2.12 bits per heavy atom. The zero-order valence-electron chi connectivity index (χ0n) is 10.4. The first-order chi connectivity index (χ1) is 8.84. The fraction of sp³-hybridized carbons (Fsp3) is 0.100. The van der Waals surface area contributed by atoms with Crippen molar-refractivity contribution in [2.24, 2.45) is 5.73 Å². The molecule has 1 amide bonds. The fourth-order valence-electron chi connectivity index (χ4n) is 1.15. The molecule has 0 radical (unpaired) electrons. The molecule has 1 aromatic heterocycles. The van der Waals surface area contributed by atoms with Crippen LogP contribution in [0.3, 0.4) is 0 Å². The number of hydrogen-bond donors (Lipinski definition) is 1. The SMILES string of the molecule is [2H]C([2H])(c1c(F)cccc1F)n1cc(C([15NH2])=O)nn1. The quantitative estimate of drug-likeness (QED) is 0.804. The summed E-state index contributed by atoms with van der Waals surface area (Å²) in [6.07, 6.45) is 0.883. The van der Waals surface area contributed by atoms with Gasteiger partial charge in [-0.3, -0.25) is 4.79 Å². The van der Waals surface area contributed by atoms with Crippen molar-refractivity contribution in [3.05, 3.63) is 47.3 Å². The lowest BCUT2D eigenvalue weighted by Gasteiger charge is -2.03. The van der Waals surface area contributed by atoms with Crippen LogP contribution in [-0.2, 0) is 6.50 Å². The van der Waals surface area contributed by atoms with Crippen molar-refractivity contribution in [3.63, 3.8) is 0 Å². The van der Waals surface area contributed by atoms with Gasteiger partial charge in [0, 0.05) is 5.56 Å². The summed E-state index contributed by atoms with van der Waals surface area (Å²) in [6.45, 7) is -2.64. The van der Waals surface area contributed by atoms with Gasteiger partial charge in [0.05, 0.1) is 15.4 Å². The highest BCUT2D eigenvalue weighted by Crippen LogP contribution is 2.13. The van der Waals surface area contributed by atoms with Gasteiger partial charge in [0.15, 0.2) is 5.69 Å². The van der Waals surface area contributed by atoms with Crippen LogP contribution in [0.25, 0.3) is 0 Å². The van der Waals surface area contributed by atoms with Crippen LogP contribution < -0.4 is 5.73 Å². The monoisotopic (exact) mass is 241 g/mol. The Hall–Kier alpha value is -2.31. The molecule has 88 valence electrons. The number of halogens is 2. The van der Waals surface area contributed by atoms with Gasteiger partial charge in [-0.25, -0.2) is 13.5 Å². The Morgan fingerprint density at radius 1 is 1.47 bits per heavy atom. The summed E-state index contributed by atoms with van der Waals surface area (Å²) in [5.41, 5.74) is 3.82. The molecule has 0 unspecified atom stereocenters. The molecule has 0 saturated carbocycles. The van der Waals surface area contributed by atoms with Crippen molar-refractivity contribution in [2.45, 2.75) is 6.50 Å². The van der Waals surface area contributed by atoms with Crippen LogP contribution in [0.1, 0.15) is 18.8 Å². The second kappa shape index (κ2) is 4.28. The summed E-state index contributed by atoms with van der Waals surface area (Å²) >= 11 is 0. The van der Waals surface area contributed by atoms with Gasteiger partial charge in [-0.05, 0) is 12.1 Å². The smallest absolute Gasteiger partial charge is 0.270 e. The lowest BCUT2D eigenvalue weighted by Crippen LogP contribution is -2.11. The molecule has 0 atom stereocenters. The highest BCUT2D eigenvalue weighted by atomic mass is 19.1. The Labute approximate surface area is 97.7 Å². The molecule has 0 aliphatic heterocycles. The number of carbonyl (C=O) groups is 1. The first-order valence-electron chi connectivity index (χ1n) is 5.51. The lowest BCUT2D eigenvalue weighted by molar-refractivity contribution is 0.0995. The third kappa shape index (κ3) is 2.27. The van der Waals surface area contributed by atoms with E-state index in [4.69, 9.17) is 8.48 Å². The van der Waals surface area contributed by atoms with Crippen molar-refractivity contribution in [3.8, 4) is 0 Å². The van der Waals surface area contributed by atoms with Crippen LogP contribution in [-0.4, -0.2) is 20.9 Å². The third-order valence-electron chi connectivity index (χ3n) is 1.93. The molecule has 0 fully saturated rings. The largest absolute Gasteiger partial charge is 0.364 e. The normalized spacial score (nSPS) is 13.1. The number of amides is 1. The Morgan fingerprint density at radius 3 is 2.65 bits per heavy atom. The average molecular weight is 241 g/mol. The third-order valence-corrected chi connectivity index (χ3v) is 1.93. The van der Waals surface area contributed by atoms with E-state index < -0.39 is 29.6 Å². The molecule has 0 spiro atoms. The first-order valence-corrected chi connectivity index (χ1v) is 4.51. The predicted octanol–water partition coefficient (Wildman–Crippen LogP) is 0.703. The molecule has 0 bridgehead atoms. The molecular weight excluding hydrogens is 231 g/mol. The van der Waals surface area contributed by atoms with Gasteiger partial charge in [0.1, 0.15) is 11.6 Å². The maximum absolute atomic E-state index is 13.6. The van der Waals surface area contributed by atoms with Crippen molar-refractivity contribution >= 4 is 5.91 Å². The molecule has 2 aromatic rings. The topological polar surface area (TPSA) is 73.8 Å². The van der Waals surface area contributed by atoms with Crippen LogP contribution in [0.15, 0.2) is 24.4 Å². The second-order valence-electron chi connectivity index (χ2n) is 3.12. The van der Waals surface area contributed by atoms with E-state index in [1.807, 2.05) is 0 Å². The van der Waals surface area contributed by atoms with Gasteiger partial charge in [-0.1, -0.05) is 11.3 Å². The molecule has 5 nitrogen and oxygen atoms in total. The van der Waals surface area contributed by atoms with Gasteiger partial charge < -0.3 is 5.73 Å². The van der Waals surface area contributed by atoms with Crippen LogP contribution >= 0.6 is 0 Å². The molecule has 2 rings (SSSR count). The van der Waals surface area contributed by atoms with Gasteiger partial charge in [0.25, 0.3) is 5.91 Å². The summed E-state index contributed by atoms with van der Waals surface area (Å²) < 4.78 is 43.1. The summed E-state index contributed by atoms with van der Waals surface area (Å²) in [6, 6.07) is 2.95. The van der Waals surface area contributed by atoms with E-state index in [-0.39, 0.29) is 5.69 Å². The number of nitrogens with zero attached hydrogens (tertiary/aromatic N) is 3. The van der Waals surface area contributed by atoms with Crippen LogP contribution in [0, 0.1) is 11.6 Å². The number of hydrogen-bond acceptors (Lipinski definition) is 3. The van der Waals surface area contributed by atoms with Crippen molar-refractivity contribution < 1.29 is 16.3 Å². The number of benzene rings is 1. The molecule has 2 N–H and O–H groups in total. The predicted molar refractivity (Wildman–Crippen MR) is 54.0 cm³/mol. The van der Waals surface area contributed by atoms with Gasteiger partial charge in [-0.2, -0.15) is 0 Å². The number of aromatic nitrogens is 3. The highest BCUT2D eigenvalue weighted by molar-refractivity contribution is 5.90. The maximum Gasteiger partial charge on any atom is 0.270 e. The molecule has 17 heavy (non-hydrogen) atoms. The highest BCUT2D eigenvalue weighted by Gasteiger charge is 2.11.